The second-order valence-electron chi connectivity index (χ2n) is 6.02. The molecule has 27 heavy (non-hydrogen) atoms. The first-order valence-corrected chi connectivity index (χ1v) is 9.79. The SMILES string of the molecule is Cc1ccccc1OP(=O)(Oc1ccccc1C)Oc1ccccc1C.[Ca+2].[H-].[H-]. The van der Waals surface area contributed by atoms with Crippen LogP contribution in [-0.2, 0) is 4.57 Å². The first-order valence-electron chi connectivity index (χ1n) is 8.32. The molecule has 0 unspecified atom stereocenters. The van der Waals surface area contributed by atoms with E-state index in [1.807, 2.05) is 75.4 Å². The molecule has 138 valence electrons. The number of aryl methyl sites for hydroxylation is 3. The topological polar surface area (TPSA) is 44.8 Å². The average molecular weight is 410 g/mol. The van der Waals surface area contributed by atoms with Crippen LogP contribution in [0.15, 0.2) is 72.8 Å². The molecule has 3 rings (SSSR count). The van der Waals surface area contributed by atoms with Crippen molar-refractivity contribution in [3.05, 3.63) is 89.5 Å². The fourth-order valence-corrected chi connectivity index (χ4v) is 3.84. The molecule has 0 aliphatic heterocycles. The minimum Gasteiger partial charge on any atom is -1.00 e. The molecule has 0 radical (unpaired) electrons. The summed E-state index contributed by atoms with van der Waals surface area (Å²) >= 11 is 0. The quantitative estimate of drug-likeness (QED) is 0.364. The number of hydrogen-bond donors (Lipinski definition) is 0. The predicted octanol–water partition coefficient (Wildman–Crippen LogP) is 6.10. The molecular weight excluding hydrogens is 387 g/mol. The van der Waals surface area contributed by atoms with Gasteiger partial charge in [-0.1, -0.05) is 54.6 Å². The van der Waals surface area contributed by atoms with Crippen molar-refractivity contribution in [2.24, 2.45) is 0 Å². The summed E-state index contributed by atoms with van der Waals surface area (Å²) in [6.45, 7) is 5.63. The summed E-state index contributed by atoms with van der Waals surface area (Å²) in [5.74, 6) is 1.37. The van der Waals surface area contributed by atoms with Crippen molar-refractivity contribution in [3.63, 3.8) is 0 Å². The monoisotopic (exact) mass is 410 g/mol. The molecule has 0 bridgehead atoms. The smallest absolute Gasteiger partial charge is 1.00 e. The zero-order valence-electron chi connectivity index (χ0n) is 17.7. The Morgan fingerprint density at radius 1 is 0.593 bits per heavy atom. The van der Waals surface area contributed by atoms with Crippen molar-refractivity contribution >= 4 is 45.6 Å². The molecule has 6 heteroatoms. The summed E-state index contributed by atoms with van der Waals surface area (Å²) < 4.78 is 30.8. The average Bonchev–Trinajstić information content (AvgIpc) is 2.61. The first kappa shape index (κ1) is 21.8. The number of phosphoric acid groups is 1. The van der Waals surface area contributed by atoms with Gasteiger partial charge in [0.05, 0.1) is 0 Å². The molecule has 0 aliphatic carbocycles. The molecule has 3 aromatic rings. The van der Waals surface area contributed by atoms with Crippen LogP contribution in [-0.4, -0.2) is 37.7 Å². The van der Waals surface area contributed by atoms with Gasteiger partial charge in [-0.3, -0.25) is 0 Å². The van der Waals surface area contributed by atoms with Gasteiger partial charge in [-0.05, 0) is 55.7 Å². The summed E-state index contributed by atoms with van der Waals surface area (Å²) in [5, 5.41) is 0. The van der Waals surface area contributed by atoms with Gasteiger partial charge in [-0.15, -0.1) is 0 Å². The Balaban J connectivity index is 0.00000261. The molecule has 0 N–H and O–H groups in total. The standard InChI is InChI=1S/C21H21O4P.Ca.2H/c1-16-10-4-7-13-19(16)23-26(22,24-20-14-8-5-11-17(20)2)25-21-15-9-6-12-18(21)3;;;/h4-15H,1-3H3;;;/q;+2;2*-1. The van der Waals surface area contributed by atoms with Crippen LogP contribution < -0.4 is 13.6 Å². The molecule has 0 saturated carbocycles. The van der Waals surface area contributed by atoms with Crippen LogP contribution in [0.2, 0.25) is 0 Å². The molecule has 0 saturated heterocycles. The zero-order chi connectivity index (χ0) is 18.6. The van der Waals surface area contributed by atoms with Crippen LogP contribution in [0, 0.1) is 20.8 Å². The fourth-order valence-electron chi connectivity index (χ4n) is 2.39. The maximum Gasteiger partial charge on any atom is 2.00 e. The molecule has 0 fully saturated rings. The summed E-state index contributed by atoms with van der Waals surface area (Å²) in [4.78, 5) is 0. The van der Waals surface area contributed by atoms with Crippen molar-refractivity contribution in [3.8, 4) is 17.2 Å². The third kappa shape index (κ3) is 5.76. The van der Waals surface area contributed by atoms with Crippen molar-refractivity contribution in [1.29, 1.82) is 0 Å². The van der Waals surface area contributed by atoms with Gasteiger partial charge >= 0.3 is 45.6 Å². The first-order chi connectivity index (χ1) is 12.5. The van der Waals surface area contributed by atoms with Gasteiger partial charge in [0.1, 0.15) is 17.2 Å². The van der Waals surface area contributed by atoms with Crippen molar-refractivity contribution in [1.82, 2.24) is 0 Å². The molecular formula is C21H23CaO4P. The molecule has 0 heterocycles. The van der Waals surface area contributed by atoms with Crippen molar-refractivity contribution < 1.29 is 21.0 Å². The predicted molar refractivity (Wildman–Crippen MR) is 111 cm³/mol. The van der Waals surface area contributed by atoms with E-state index in [4.69, 9.17) is 13.6 Å². The second kappa shape index (κ2) is 9.66. The largest absolute Gasteiger partial charge is 2.00 e. The summed E-state index contributed by atoms with van der Waals surface area (Å²) in [6.07, 6.45) is 0. The van der Waals surface area contributed by atoms with E-state index < -0.39 is 7.82 Å². The Bertz CT molecular complexity index is 846. The Hall–Kier alpha value is -1.45. The minimum atomic E-state index is -3.97. The Morgan fingerprint density at radius 3 is 1.11 bits per heavy atom. The third-order valence-electron chi connectivity index (χ3n) is 3.91. The number of phosphoric ester groups is 1. The maximum atomic E-state index is 13.5. The molecule has 0 spiro atoms. The van der Waals surface area contributed by atoms with E-state index in [9.17, 15) is 4.57 Å². The molecule has 0 atom stereocenters. The van der Waals surface area contributed by atoms with Crippen molar-refractivity contribution in [2.45, 2.75) is 20.8 Å². The zero-order valence-corrected chi connectivity index (χ0v) is 18.8. The van der Waals surface area contributed by atoms with Crippen LogP contribution in [0.3, 0.4) is 0 Å². The van der Waals surface area contributed by atoms with E-state index >= 15 is 0 Å². The van der Waals surface area contributed by atoms with Gasteiger partial charge in [0.2, 0.25) is 0 Å². The van der Waals surface area contributed by atoms with Crippen LogP contribution in [0.1, 0.15) is 19.5 Å². The summed E-state index contributed by atoms with van der Waals surface area (Å²) in [7, 11) is -3.97. The fraction of sp³-hybridized carbons (Fsp3) is 0.143. The van der Waals surface area contributed by atoms with Crippen LogP contribution >= 0.6 is 7.82 Å². The number of benzene rings is 3. The molecule has 4 nitrogen and oxygen atoms in total. The van der Waals surface area contributed by atoms with E-state index in [1.165, 1.54) is 0 Å². The van der Waals surface area contributed by atoms with Crippen LogP contribution in [0.5, 0.6) is 17.2 Å². The normalized spacial score (nSPS) is 10.6. The molecule has 3 aromatic carbocycles. The van der Waals surface area contributed by atoms with Gasteiger partial charge < -0.3 is 16.4 Å². The second-order valence-corrected chi connectivity index (χ2v) is 7.46. The Kier molecular flexibility index (Phi) is 7.81. The number of para-hydroxylation sites is 3. The van der Waals surface area contributed by atoms with E-state index in [-0.39, 0.29) is 40.6 Å². The van der Waals surface area contributed by atoms with Crippen LogP contribution in [0.4, 0.5) is 0 Å². The van der Waals surface area contributed by atoms with Gasteiger partial charge in [0.25, 0.3) is 0 Å². The number of rotatable bonds is 6. The van der Waals surface area contributed by atoms with E-state index in [0.29, 0.717) is 17.2 Å². The molecule has 0 amide bonds. The van der Waals surface area contributed by atoms with E-state index in [0.717, 1.165) is 16.7 Å². The minimum absolute atomic E-state index is 0. The Labute approximate surface area is 193 Å². The van der Waals surface area contributed by atoms with Gasteiger partial charge in [0.15, 0.2) is 0 Å². The van der Waals surface area contributed by atoms with Crippen LogP contribution in [0.25, 0.3) is 0 Å². The van der Waals surface area contributed by atoms with Gasteiger partial charge in [-0.2, -0.15) is 4.57 Å². The van der Waals surface area contributed by atoms with Crippen molar-refractivity contribution in [2.75, 3.05) is 0 Å². The summed E-state index contributed by atoms with van der Waals surface area (Å²) in [5.41, 5.74) is 2.53. The molecule has 0 aliphatic rings. The molecule has 0 aromatic heterocycles. The van der Waals surface area contributed by atoms with Gasteiger partial charge in [-0.25, -0.2) is 0 Å². The summed E-state index contributed by atoms with van der Waals surface area (Å²) in [6, 6.07) is 22.0. The van der Waals surface area contributed by atoms with E-state index in [2.05, 4.69) is 0 Å². The van der Waals surface area contributed by atoms with Gasteiger partial charge in [0, 0.05) is 0 Å². The number of hydrogen-bond acceptors (Lipinski definition) is 4. The van der Waals surface area contributed by atoms with E-state index in [1.54, 1.807) is 18.2 Å². The maximum absolute atomic E-state index is 13.5. The Morgan fingerprint density at radius 2 is 0.852 bits per heavy atom. The third-order valence-corrected chi connectivity index (χ3v) is 5.17.